The summed E-state index contributed by atoms with van der Waals surface area (Å²) in [7, 11) is 0. The Kier molecular flexibility index (Phi) is 12.2. The fourth-order valence-electron chi connectivity index (χ4n) is 8.44. The van der Waals surface area contributed by atoms with Crippen LogP contribution >= 0.6 is 12.2 Å². The van der Waals surface area contributed by atoms with E-state index in [1.165, 1.54) is 24.3 Å². The van der Waals surface area contributed by atoms with Gasteiger partial charge in [0.15, 0.2) is 5.11 Å². The molecule has 3 saturated heterocycles. The molecule has 17 heteroatoms. The van der Waals surface area contributed by atoms with Gasteiger partial charge in [-0.3, -0.25) is 34.3 Å². The maximum atomic E-state index is 14.7. The molecule has 2 unspecified atom stereocenters. The molecule has 0 aromatic heterocycles. The summed E-state index contributed by atoms with van der Waals surface area (Å²) < 4.78 is 62.6. The number of aryl methyl sites for hydroxylation is 1. The summed E-state index contributed by atoms with van der Waals surface area (Å²) in [4.78, 5) is 55.8. The van der Waals surface area contributed by atoms with Crippen LogP contribution in [0.1, 0.15) is 81.9 Å². The van der Waals surface area contributed by atoms with Crippen LogP contribution in [0.4, 0.5) is 40.3 Å². The second kappa shape index (κ2) is 17.2. The number of alkyl halides is 3. The zero-order valence-corrected chi connectivity index (χ0v) is 34.0. The number of amides is 4. The van der Waals surface area contributed by atoms with Gasteiger partial charge in [-0.05, 0) is 150 Å². The molecule has 4 fully saturated rings. The number of benzene rings is 3. The number of hydrogen-bond donors (Lipinski definition) is 3. The van der Waals surface area contributed by atoms with Crippen LogP contribution in [0.2, 0.25) is 0 Å². The highest BCUT2D eigenvalue weighted by Gasteiger charge is 2.59. The first-order valence-corrected chi connectivity index (χ1v) is 20.5. The molecule has 7 rings (SSSR count). The Morgan fingerprint density at radius 1 is 1.05 bits per heavy atom. The lowest BCUT2D eigenvalue weighted by molar-refractivity contribution is -0.138. The Hall–Kier alpha value is -5.60. The first kappa shape index (κ1) is 42.5. The third kappa shape index (κ3) is 8.40. The SMILES string of the molecule is CCc1cc(N2C(=S)N(c3ccc(C#N)c(C(F)(F)F)c3)C(=O)C23CCC3)ccc1OCCC1CCN(C(C)C(=O)Nc2cc(NC3CCC(=O)NC3=O)ccc2F)CC1. The van der Waals surface area contributed by atoms with Crippen molar-refractivity contribution in [2.45, 2.75) is 95.4 Å². The molecule has 3 aromatic carbocycles. The van der Waals surface area contributed by atoms with Gasteiger partial charge in [-0.1, -0.05) is 6.92 Å². The number of imide groups is 1. The van der Waals surface area contributed by atoms with Crippen molar-refractivity contribution in [2.24, 2.45) is 5.92 Å². The van der Waals surface area contributed by atoms with Crippen molar-refractivity contribution in [3.63, 3.8) is 0 Å². The third-order valence-corrected chi connectivity index (χ3v) is 12.5. The van der Waals surface area contributed by atoms with E-state index in [2.05, 4.69) is 20.9 Å². The number of nitrogens with one attached hydrogen (secondary N) is 3. The number of nitrogens with zero attached hydrogens (tertiary/aromatic N) is 4. The van der Waals surface area contributed by atoms with Crippen LogP contribution in [0.5, 0.6) is 5.75 Å². The lowest BCUT2D eigenvalue weighted by Gasteiger charge is -2.43. The highest BCUT2D eigenvalue weighted by atomic mass is 32.1. The van der Waals surface area contributed by atoms with Gasteiger partial charge in [-0.25, -0.2) is 4.39 Å². The number of carbonyl (C=O) groups is 4. The lowest BCUT2D eigenvalue weighted by Crippen LogP contribution is -2.55. The van der Waals surface area contributed by atoms with Crippen molar-refractivity contribution >= 4 is 63.7 Å². The minimum atomic E-state index is -4.79. The Morgan fingerprint density at radius 3 is 2.43 bits per heavy atom. The van der Waals surface area contributed by atoms with Gasteiger partial charge in [0.1, 0.15) is 23.1 Å². The van der Waals surface area contributed by atoms with Crippen molar-refractivity contribution in [3.05, 3.63) is 77.1 Å². The van der Waals surface area contributed by atoms with Crippen LogP contribution in [-0.2, 0) is 31.8 Å². The van der Waals surface area contributed by atoms with E-state index < -0.39 is 52.6 Å². The van der Waals surface area contributed by atoms with Gasteiger partial charge in [0.05, 0.1) is 41.2 Å². The summed E-state index contributed by atoms with van der Waals surface area (Å²) in [5, 5.41) is 17.3. The summed E-state index contributed by atoms with van der Waals surface area (Å²) in [5.41, 5.74) is -0.754. The van der Waals surface area contributed by atoms with Crippen molar-refractivity contribution in [1.82, 2.24) is 10.2 Å². The van der Waals surface area contributed by atoms with E-state index in [0.717, 1.165) is 48.3 Å². The van der Waals surface area contributed by atoms with E-state index in [1.807, 2.05) is 25.1 Å². The van der Waals surface area contributed by atoms with E-state index >= 15 is 0 Å². The average molecular weight is 848 g/mol. The first-order valence-electron chi connectivity index (χ1n) is 20.1. The Balaban J connectivity index is 0.930. The minimum Gasteiger partial charge on any atom is -0.493 e. The first-order chi connectivity index (χ1) is 28.6. The quantitative estimate of drug-likeness (QED) is 0.0984. The van der Waals surface area contributed by atoms with E-state index in [4.69, 9.17) is 17.0 Å². The summed E-state index contributed by atoms with van der Waals surface area (Å²) in [6, 6.07) is 13.3. The number of rotatable bonds is 12. The molecule has 60 heavy (non-hydrogen) atoms. The second-order valence-corrected chi connectivity index (χ2v) is 16.1. The van der Waals surface area contributed by atoms with Gasteiger partial charge in [-0.2, -0.15) is 18.4 Å². The number of ether oxygens (including phenoxy) is 1. The van der Waals surface area contributed by atoms with E-state index in [9.17, 15) is 42.0 Å². The number of halogens is 4. The summed E-state index contributed by atoms with van der Waals surface area (Å²) >= 11 is 5.80. The number of nitriles is 1. The standard InChI is InChI=1S/C43H45F4N7O5S/c1-3-27-21-31(54-41(60)53(40(58)42(54)16-4-17-42)30-7-5-28(24-48)32(23-30)43(45,46)47)8-11-36(27)59-20-15-26-13-18-52(19-14-26)25(2)38(56)50-35-22-29(6-9-33(35)44)49-34-10-12-37(55)51-39(34)57/h5-9,11,21-23,25-26,34,49H,3-4,10,12-20H2,1-2H3,(H,50,56)(H,51,55,57). The van der Waals surface area contributed by atoms with E-state index in [0.29, 0.717) is 68.4 Å². The molecule has 1 aliphatic carbocycles. The van der Waals surface area contributed by atoms with Crippen molar-refractivity contribution in [3.8, 4) is 11.8 Å². The van der Waals surface area contributed by atoms with Crippen LogP contribution in [0.25, 0.3) is 0 Å². The number of piperidine rings is 2. The molecular formula is C43H45F4N7O5S. The average Bonchev–Trinajstić information content (AvgIpc) is 3.45. The predicted molar refractivity (Wildman–Crippen MR) is 220 cm³/mol. The Bertz CT molecular complexity index is 2250. The molecule has 12 nitrogen and oxygen atoms in total. The van der Waals surface area contributed by atoms with E-state index in [-0.39, 0.29) is 34.7 Å². The summed E-state index contributed by atoms with van der Waals surface area (Å²) in [6.45, 7) is 5.55. The minimum absolute atomic E-state index is 0.0112. The maximum Gasteiger partial charge on any atom is 0.417 e. The maximum absolute atomic E-state index is 14.7. The molecule has 3 N–H and O–H groups in total. The molecule has 1 saturated carbocycles. The van der Waals surface area contributed by atoms with Crippen molar-refractivity contribution < 1.29 is 41.5 Å². The fourth-order valence-corrected chi connectivity index (χ4v) is 8.91. The van der Waals surface area contributed by atoms with Gasteiger partial charge in [-0.15, -0.1) is 0 Å². The highest BCUT2D eigenvalue weighted by molar-refractivity contribution is 7.81. The topological polar surface area (TPSA) is 147 Å². The second-order valence-electron chi connectivity index (χ2n) is 15.8. The van der Waals surface area contributed by atoms with Crippen LogP contribution < -0.4 is 30.5 Å². The Morgan fingerprint density at radius 2 is 1.78 bits per heavy atom. The monoisotopic (exact) mass is 847 g/mol. The Labute approximate surface area is 350 Å². The predicted octanol–water partition coefficient (Wildman–Crippen LogP) is 7.06. The normalized spacial score (nSPS) is 20.1. The van der Waals surface area contributed by atoms with Crippen molar-refractivity contribution in [1.29, 1.82) is 5.26 Å². The molecule has 1 spiro atoms. The molecule has 2 atom stereocenters. The third-order valence-electron chi connectivity index (χ3n) is 12.1. The van der Waals surface area contributed by atoms with Gasteiger partial charge >= 0.3 is 6.18 Å². The lowest BCUT2D eigenvalue weighted by atomic mass is 9.75. The number of carbonyl (C=O) groups excluding carboxylic acids is 4. The molecule has 0 radical (unpaired) electrons. The van der Waals surface area contributed by atoms with Crippen LogP contribution in [0.3, 0.4) is 0 Å². The molecule has 0 bridgehead atoms. The highest BCUT2D eigenvalue weighted by Crippen LogP contribution is 2.49. The molecule has 3 heterocycles. The molecule has 316 valence electrons. The van der Waals surface area contributed by atoms with Crippen LogP contribution in [0.15, 0.2) is 54.6 Å². The van der Waals surface area contributed by atoms with Gasteiger partial charge < -0.3 is 20.3 Å². The molecule has 4 aliphatic rings. The molecule has 4 amide bonds. The van der Waals surface area contributed by atoms with Gasteiger partial charge in [0.2, 0.25) is 17.7 Å². The van der Waals surface area contributed by atoms with Crippen LogP contribution in [0, 0.1) is 23.1 Å². The number of likely N-dealkylation sites (tertiary alicyclic amines) is 1. The van der Waals surface area contributed by atoms with Crippen LogP contribution in [-0.4, -0.2) is 71.0 Å². The zero-order chi connectivity index (χ0) is 42.9. The van der Waals surface area contributed by atoms with E-state index in [1.54, 1.807) is 17.9 Å². The molecule has 3 aromatic rings. The largest absolute Gasteiger partial charge is 0.493 e. The molecular weight excluding hydrogens is 803 g/mol. The smallest absolute Gasteiger partial charge is 0.417 e. The fraction of sp³-hybridized carbons (Fsp3) is 0.442. The summed E-state index contributed by atoms with van der Waals surface area (Å²) in [5.74, 6) is -1.12. The molecule has 3 aliphatic heterocycles. The number of anilines is 4. The van der Waals surface area contributed by atoms with Crippen molar-refractivity contribution in [2.75, 3.05) is 40.1 Å². The summed E-state index contributed by atoms with van der Waals surface area (Å²) in [6.07, 6.45) is 0.517. The van der Waals surface area contributed by atoms with Gasteiger partial charge in [0, 0.05) is 17.8 Å². The zero-order valence-electron chi connectivity index (χ0n) is 33.2. The van der Waals surface area contributed by atoms with Gasteiger partial charge in [0.25, 0.3) is 5.91 Å². The number of hydrogen-bond acceptors (Lipinski definition) is 9. The number of thiocarbonyl (C=S) groups is 1.